The molecule has 0 saturated carbocycles. The van der Waals surface area contributed by atoms with Gasteiger partial charge in [-0.15, -0.1) is 0 Å². The molecule has 94 valence electrons. The maximum atomic E-state index is 10.8. The van der Waals surface area contributed by atoms with Gasteiger partial charge in [0.25, 0.3) is 0 Å². The molecule has 0 radical (unpaired) electrons. The first-order chi connectivity index (χ1) is 7.47. The van der Waals surface area contributed by atoms with Crippen LogP contribution in [0.4, 0.5) is 0 Å². The van der Waals surface area contributed by atoms with E-state index < -0.39 is 36.9 Å². The van der Waals surface area contributed by atoms with E-state index >= 15 is 0 Å². The molecule has 0 aromatic rings. The summed E-state index contributed by atoms with van der Waals surface area (Å²) in [4.78, 5) is 21.4. The van der Waals surface area contributed by atoms with Gasteiger partial charge in [-0.3, -0.25) is 4.79 Å². The quantitative estimate of drug-likeness (QED) is 0.244. The fraction of sp³-hybridized carbons (Fsp3) is 0.750. The number of rotatable bonds is 7. The maximum Gasteiger partial charge on any atom is 0.234 e. The summed E-state index contributed by atoms with van der Waals surface area (Å²) >= 11 is 0. The van der Waals surface area contributed by atoms with Gasteiger partial charge < -0.3 is 36.3 Å². The van der Waals surface area contributed by atoms with Crippen LogP contribution < -0.4 is 11.1 Å². The van der Waals surface area contributed by atoms with E-state index in [1.807, 2.05) is 5.32 Å². The Labute approximate surface area is 91.7 Å². The normalized spacial score (nSPS) is 18.3. The van der Waals surface area contributed by atoms with Crippen molar-refractivity contribution in [3.63, 3.8) is 0 Å². The molecule has 0 rings (SSSR count). The summed E-state index contributed by atoms with van der Waals surface area (Å²) in [6.45, 7) is -1.16. The lowest BCUT2D eigenvalue weighted by atomic mass is 10.0. The molecule has 0 aliphatic rings. The lowest BCUT2D eigenvalue weighted by Gasteiger charge is -2.26. The average Bonchev–Trinajstić information content (AvgIpc) is 2.32. The first-order valence-corrected chi connectivity index (χ1v) is 4.57. The van der Waals surface area contributed by atoms with Gasteiger partial charge in [-0.2, -0.15) is 0 Å². The van der Waals surface area contributed by atoms with Gasteiger partial charge in [0.05, 0.1) is 13.2 Å². The van der Waals surface area contributed by atoms with Crippen LogP contribution in [0.2, 0.25) is 0 Å². The highest BCUT2D eigenvalue weighted by Gasteiger charge is 2.31. The molecule has 4 atom stereocenters. The van der Waals surface area contributed by atoms with E-state index in [1.165, 1.54) is 0 Å². The van der Waals surface area contributed by atoms with Gasteiger partial charge >= 0.3 is 0 Å². The third kappa shape index (κ3) is 4.21. The van der Waals surface area contributed by atoms with E-state index in [0.717, 1.165) is 0 Å². The maximum absolute atomic E-state index is 10.8. The zero-order chi connectivity index (χ0) is 12.7. The number of hydrogen-bond donors (Lipinski definition) is 6. The van der Waals surface area contributed by atoms with Crippen LogP contribution in [-0.4, -0.2) is 70.1 Å². The number of carbonyl (C=O) groups excluding carboxylic acids is 2. The van der Waals surface area contributed by atoms with Gasteiger partial charge in [-0.25, -0.2) is 0 Å². The van der Waals surface area contributed by atoms with E-state index in [0.29, 0.717) is 0 Å². The lowest BCUT2D eigenvalue weighted by Crippen LogP contribution is -2.54. The Kier molecular flexibility index (Phi) is 6.77. The van der Waals surface area contributed by atoms with Crippen molar-refractivity contribution in [1.82, 2.24) is 5.32 Å². The minimum atomic E-state index is -1.75. The van der Waals surface area contributed by atoms with Gasteiger partial charge in [0.15, 0.2) is 0 Å². The Hall–Kier alpha value is -1.06. The topological polar surface area (TPSA) is 153 Å². The Balaban J connectivity index is 4.45. The number of nitrogens with two attached hydrogens (primary N) is 1. The van der Waals surface area contributed by atoms with Crippen LogP contribution in [0.25, 0.3) is 0 Å². The number of nitrogens with one attached hydrogen (secondary N) is 1. The van der Waals surface area contributed by atoms with Crippen molar-refractivity contribution in [2.75, 3.05) is 13.2 Å². The molecule has 16 heavy (non-hydrogen) atoms. The van der Waals surface area contributed by atoms with Crippen LogP contribution in [-0.2, 0) is 9.59 Å². The highest BCUT2D eigenvalue weighted by molar-refractivity contribution is 5.81. The van der Waals surface area contributed by atoms with Crippen LogP contribution in [0.15, 0.2) is 0 Å². The van der Waals surface area contributed by atoms with Crippen molar-refractivity contribution in [2.24, 2.45) is 5.73 Å². The molecule has 0 aliphatic carbocycles. The Morgan fingerprint density at radius 2 is 1.88 bits per heavy atom. The fourth-order valence-electron chi connectivity index (χ4n) is 0.993. The van der Waals surface area contributed by atoms with Gasteiger partial charge in [0, 0.05) is 0 Å². The largest absolute Gasteiger partial charge is 0.394 e. The highest BCUT2D eigenvalue weighted by atomic mass is 16.4. The third-order valence-electron chi connectivity index (χ3n) is 1.96. The van der Waals surface area contributed by atoms with Gasteiger partial charge in [-0.05, 0) is 0 Å². The summed E-state index contributed by atoms with van der Waals surface area (Å²) in [5.41, 5.74) is 4.98. The summed E-state index contributed by atoms with van der Waals surface area (Å²) in [7, 11) is 0. The Morgan fingerprint density at radius 1 is 1.31 bits per heavy atom. The summed E-state index contributed by atoms with van der Waals surface area (Å²) in [6, 6.07) is -1.40. The van der Waals surface area contributed by atoms with Crippen LogP contribution in [0.1, 0.15) is 0 Å². The number of aliphatic hydroxyl groups excluding tert-OH is 4. The average molecular weight is 236 g/mol. The number of aldehydes is 1. The van der Waals surface area contributed by atoms with Gasteiger partial charge in [0.1, 0.15) is 30.6 Å². The van der Waals surface area contributed by atoms with E-state index in [4.69, 9.17) is 15.9 Å². The van der Waals surface area contributed by atoms with Crippen molar-refractivity contribution >= 4 is 12.2 Å². The van der Waals surface area contributed by atoms with Crippen molar-refractivity contribution in [2.45, 2.75) is 24.4 Å². The molecule has 0 fully saturated rings. The van der Waals surface area contributed by atoms with E-state index in [1.54, 1.807) is 0 Å². The number of aliphatic hydroxyl groups is 4. The predicted octanol–water partition coefficient (Wildman–Crippen LogP) is -4.30. The minimum absolute atomic E-state index is 0.200. The highest BCUT2D eigenvalue weighted by Crippen LogP contribution is 2.03. The Morgan fingerprint density at radius 3 is 2.25 bits per heavy atom. The predicted molar refractivity (Wildman–Crippen MR) is 52.2 cm³/mol. The molecule has 8 heteroatoms. The van der Waals surface area contributed by atoms with Crippen LogP contribution >= 0.6 is 0 Å². The van der Waals surface area contributed by atoms with E-state index in [9.17, 15) is 19.8 Å². The summed E-state index contributed by atoms with van der Waals surface area (Å²) < 4.78 is 0. The summed E-state index contributed by atoms with van der Waals surface area (Å²) in [6.07, 6.45) is -4.88. The molecule has 0 unspecified atom stereocenters. The molecule has 8 nitrogen and oxygen atoms in total. The molecule has 0 aromatic carbocycles. The van der Waals surface area contributed by atoms with Gasteiger partial charge in [0.2, 0.25) is 5.91 Å². The zero-order valence-corrected chi connectivity index (χ0v) is 8.48. The molecule has 0 bridgehead atoms. The number of amides is 1. The van der Waals surface area contributed by atoms with E-state index in [2.05, 4.69) is 0 Å². The van der Waals surface area contributed by atoms with E-state index in [-0.39, 0.29) is 12.8 Å². The lowest BCUT2D eigenvalue weighted by molar-refractivity contribution is -0.130. The molecule has 0 aromatic heterocycles. The minimum Gasteiger partial charge on any atom is -0.394 e. The molecule has 0 saturated heterocycles. The number of hydrogen-bond acceptors (Lipinski definition) is 7. The second kappa shape index (κ2) is 7.25. The molecule has 0 heterocycles. The molecular formula is C8H16N2O6. The van der Waals surface area contributed by atoms with Crippen LogP contribution in [0.3, 0.4) is 0 Å². The summed E-state index contributed by atoms with van der Waals surface area (Å²) in [5.74, 6) is -0.693. The first-order valence-electron chi connectivity index (χ1n) is 4.57. The van der Waals surface area contributed by atoms with Crippen molar-refractivity contribution in [1.29, 1.82) is 0 Å². The number of carbonyl (C=O) groups is 2. The monoisotopic (exact) mass is 236 g/mol. The SMILES string of the molecule is NCC(=O)N[C@@H](C=O)[C@@H](O)[C@H](O)[C@H](O)CO. The smallest absolute Gasteiger partial charge is 0.234 e. The first kappa shape index (κ1) is 14.9. The third-order valence-corrected chi connectivity index (χ3v) is 1.96. The second-order valence-electron chi connectivity index (χ2n) is 3.16. The van der Waals surface area contributed by atoms with Crippen LogP contribution in [0.5, 0.6) is 0 Å². The summed E-state index contributed by atoms with van der Waals surface area (Å²) in [5, 5.41) is 38.3. The standard InChI is InChI=1S/C8H16N2O6/c9-1-6(14)10-4(2-11)7(15)8(16)5(13)3-12/h2,4-5,7-8,12-13,15-16H,1,3,9H2,(H,10,14)/t4-,5+,7+,8+/m0/s1. The van der Waals surface area contributed by atoms with Crippen molar-refractivity contribution < 1.29 is 30.0 Å². The molecule has 7 N–H and O–H groups in total. The van der Waals surface area contributed by atoms with Gasteiger partial charge in [-0.1, -0.05) is 0 Å². The molecule has 1 amide bonds. The van der Waals surface area contributed by atoms with Crippen molar-refractivity contribution in [3.05, 3.63) is 0 Å². The fourth-order valence-corrected chi connectivity index (χ4v) is 0.993. The zero-order valence-electron chi connectivity index (χ0n) is 8.48. The Bertz CT molecular complexity index is 237. The molecular weight excluding hydrogens is 220 g/mol. The van der Waals surface area contributed by atoms with Crippen LogP contribution in [0, 0.1) is 0 Å². The molecule has 0 spiro atoms. The molecule has 0 aliphatic heterocycles. The second-order valence-corrected chi connectivity index (χ2v) is 3.16. The van der Waals surface area contributed by atoms with Crippen molar-refractivity contribution in [3.8, 4) is 0 Å².